The van der Waals surface area contributed by atoms with Crippen molar-refractivity contribution in [3.63, 3.8) is 0 Å². The van der Waals surface area contributed by atoms with E-state index < -0.39 is 0 Å². The van der Waals surface area contributed by atoms with Gasteiger partial charge >= 0.3 is 0 Å². The number of aryl methyl sites for hydroxylation is 2. The van der Waals surface area contributed by atoms with Gasteiger partial charge in [-0.05, 0) is 40.5 Å². The molecule has 1 unspecified atom stereocenters. The number of nitrogens with zero attached hydrogens (tertiary/aromatic N) is 5. The second kappa shape index (κ2) is 9.19. The Morgan fingerprint density at radius 1 is 1.33 bits per heavy atom. The zero-order valence-corrected chi connectivity index (χ0v) is 17.8. The minimum absolute atomic E-state index is 0.0127. The van der Waals surface area contributed by atoms with Gasteiger partial charge in [0.05, 0.1) is 5.92 Å². The highest BCUT2D eigenvalue weighted by Gasteiger charge is 2.28. The van der Waals surface area contributed by atoms with E-state index in [-0.39, 0.29) is 53.8 Å². The summed E-state index contributed by atoms with van der Waals surface area (Å²) in [5.74, 6) is 0.748. The highest BCUT2D eigenvalue weighted by molar-refractivity contribution is 5.81. The van der Waals surface area contributed by atoms with E-state index >= 15 is 0 Å². The Labute approximate surface area is 174 Å². The maximum Gasteiger partial charge on any atom is 0.266 e. The number of hydrogen-bond donors (Lipinski definition) is 1. The molecule has 1 aliphatic rings. The van der Waals surface area contributed by atoms with Crippen molar-refractivity contribution in [3.05, 3.63) is 28.2 Å². The lowest BCUT2D eigenvalue weighted by Crippen LogP contribution is -2.47. The molecular formula is C20H28N6O4. The summed E-state index contributed by atoms with van der Waals surface area (Å²) in [5.41, 5.74) is -0.121. The molecular weight excluding hydrogens is 388 g/mol. The standard InChI is InChI=1S/C20H28N6O4/c1-12(2)22-18(28)15-6-5-8-25(11-15)17(27)7-9-26-14(4)21-10-16(20(26)29)19-23-13(3)24-30-19/h10,12,15H,5-9,11H2,1-4H3,(H,22,28). The van der Waals surface area contributed by atoms with Crippen LogP contribution in [0.3, 0.4) is 0 Å². The first-order valence-electron chi connectivity index (χ1n) is 10.2. The molecule has 162 valence electrons. The fourth-order valence-corrected chi connectivity index (χ4v) is 3.58. The summed E-state index contributed by atoms with van der Waals surface area (Å²) in [6.45, 7) is 8.43. The first-order chi connectivity index (χ1) is 14.3. The van der Waals surface area contributed by atoms with Gasteiger partial charge in [0, 0.05) is 38.3 Å². The van der Waals surface area contributed by atoms with E-state index in [4.69, 9.17) is 4.52 Å². The molecule has 2 aromatic heterocycles. The third kappa shape index (κ3) is 4.92. The molecule has 1 fully saturated rings. The maximum atomic E-state index is 12.8. The van der Waals surface area contributed by atoms with Gasteiger partial charge in [-0.1, -0.05) is 5.16 Å². The molecule has 30 heavy (non-hydrogen) atoms. The lowest BCUT2D eigenvalue weighted by molar-refractivity contribution is -0.136. The molecule has 1 aliphatic heterocycles. The predicted molar refractivity (Wildman–Crippen MR) is 108 cm³/mol. The molecule has 0 bridgehead atoms. The van der Waals surface area contributed by atoms with E-state index in [2.05, 4.69) is 20.4 Å². The number of piperidine rings is 1. The monoisotopic (exact) mass is 416 g/mol. The fraction of sp³-hybridized carbons (Fsp3) is 0.600. The van der Waals surface area contributed by atoms with Crippen LogP contribution in [-0.2, 0) is 16.1 Å². The van der Waals surface area contributed by atoms with E-state index in [9.17, 15) is 14.4 Å². The summed E-state index contributed by atoms with van der Waals surface area (Å²) in [6, 6.07) is 0.0702. The van der Waals surface area contributed by atoms with E-state index in [0.717, 1.165) is 12.8 Å². The Hall–Kier alpha value is -3.04. The predicted octanol–water partition coefficient (Wildman–Crippen LogP) is 1.06. The smallest absolute Gasteiger partial charge is 0.266 e. The van der Waals surface area contributed by atoms with Crippen molar-refractivity contribution in [2.45, 2.75) is 59.5 Å². The van der Waals surface area contributed by atoms with Crippen LogP contribution in [0.4, 0.5) is 0 Å². The van der Waals surface area contributed by atoms with Crippen molar-refractivity contribution in [3.8, 4) is 11.5 Å². The first kappa shape index (κ1) is 21.7. The van der Waals surface area contributed by atoms with Crippen molar-refractivity contribution < 1.29 is 14.1 Å². The molecule has 3 rings (SSSR count). The minimum Gasteiger partial charge on any atom is -0.354 e. The van der Waals surface area contributed by atoms with Crippen LogP contribution in [0.1, 0.15) is 44.8 Å². The number of carbonyl (C=O) groups is 2. The van der Waals surface area contributed by atoms with Crippen LogP contribution in [-0.4, -0.2) is 55.5 Å². The average Bonchev–Trinajstić information content (AvgIpc) is 3.13. The van der Waals surface area contributed by atoms with Gasteiger partial charge < -0.3 is 14.7 Å². The van der Waals surface area contributed by atoms with Gasteiger partial charge in [-0.2, -0.15) is 4.98 Å². The number of amides is 2. The van der Waals surface area contributed by atoms with Crippen LogP contribution in [0.15, 0.2) is 15.5 Å². The van der Waals surface area contributed by atoms with Gasteiger partial charge in [0.2, 0.25) is 11.8 Å². The Morgan fingerprint density at radius 3 is 2.77 bits per heavy atom. The molecule has 2 amide bonds. The van der Waals surface area contributed by atoms with Crippen LogP contribution in [0.25, 0.3) is 11.5 Å². The van der Waals surface area contributed by atoms with Gasteiger partial charge in [-0.25, -0.2) is 4.98 Å². The fourth-order valence-electron chi connectivity index (χ4n) is 3.58. The van der Waals surface area contributed by atoms with E-state index in [1.807, 2.05) is 13.8 Å². The number of aromatic nitrogens is 4. The quantitative estimate of drug-likeness (QED) is 0.747. The molecule has 0 radical (unpaired) electrons. The third-order valence-corrected chi connectivity index (χ3v) is 5.13. The topological polar surface area (TPSA) is 123 Å². The molecule has 2 aromatic rings. The number of nitrogens with one attached hydrogen (secondary N) is 1. The molecule has 1 saturated heterocycles. The second-order valence-electron chi connectivity index (χ2n) is 7.91. The number of likely N-dealkylation sites (tertiary alicyclic amines) is 1. The summed E-state index contributed by atoms with van der Waals surface area (Å²) in [5, 5.41) is 6.62. The van der Waals surface area contributed by atoms with Crippen molar-refractivity contribution in [2.24, 2.45) is 5.92 Å². The minimum atomic E-state index is -0.327. The van der Waals surface area contributed by atoms with Gasteiger partial charge in [0.25, 0.3) is 11.4 Å². The molecule has 1 N–H and O–H groups in total. The number of hydrogen-bond acceptors (Lipinski definition) is 7. The molecule has 0 spiro atoms. The van der Waals surface area contributed by atoms with Crippen molar-refractivity contribution >= 4 is 11.8 Å². The van der Waals surface area contributed by atoms with Crippen LogP contribution in [0.2, 0.25) is 0 Å². The number of carbonyl (C=O) groups excluding carboxylic acids is 2. The lowest BCUT2D eigenvalue weighted by atomic mass is 9.96. The van der Waals surface area contributed by atoms with Crippen LogP contribution < -0.4 is 10.9 Å². The van der Waals surface area contributed by atoms with Gasteiger partial charge in [0.1, 0.15) is 11.4 Å². The lowest BCUT2D eigenvalue weighted by Gasteiger charge is -2.32. The van der Waals surface area contributed by atoms with Gasteiger partial charge in [-0.3, -0.25) is 19.0 Å². The zero-order valence-electron chi connectivity index (χ0n) is 17.8. The summed E-state index contributed by atoms with van der Waals surface area (Å²) in [4.78, 5) is 47.9. The van der Waals surface area contributed by atoms with Crippen LogP contribution >= 0.6 is 0 Å². The molecule has 10 heteroatoms. The van der Waals surface area contributed by atoms with Crippen molar-refractivity contribution in [1.82, 2.24) is 29.9 Å². The Morgan fingerprint density at radius 2 is 2.10 bits per heavy atom. The molecule has 3 heterocycles. The second-order valence-corrected chi connectivity index (χ2v) is 7.91. The van der Waals surface area contributed by atoms with Crippen LogP contribution in [0, 0.1) is 19.8 Å². The highest BCUT2D eigenvalue weighted by Crippen LogP contribution is 2.18. The molecule has 1 atom stereocenters. The number of rotatable bonds is 6. The van der Waals surface area contributed by atoms with E-state index in [1.165, 1.54) is 10.8 Å². The normalized spacial score (nSPS) is 16.7. The average molecular weight is 416 g/mol. The van der Waals surface area contributed by atoms with Gasteiger partial charge in [0.15, 0.2) is 5.82 Å². The molecule has 10 nitrogen and oxygen atoms in total. The van der Waals surface area contributed by atoms with Crippen LogP contribution in [0.5, 0.6) is 0 Å². The first-order valence-corrected chi connectivity index (χ1v) is 10.2. The SMILES string of the molecule is Cc1noc(-c2cnc(C)n(CCC(=O)N3CCCC(C(=O)NC(C)C)C3)c2=O)n1. The molecule has 0 aliphatic carbocycles. The Kier molecular flexibility index (Phi) is 6.63. The summed E-state index contributed by atoms with van der Waals surface area (Å²) >= 11 is 0. The van der Waals surface area contributed by atoms with Crippen molar-refractivity contribution in [2.75, 3.05) is 13.1 Å². The largest absolute Gasteiger partial charge is 0.354 e. The highest BCUT2D eigenvalue weighted by atomic mass is 16.5. The van der Waals surface area contributed by atoms with E-state index in [0.29, 0.717) is 24.7 Å². The van der Waals surface area contributed by atoms with Crippen molar-refractivity contribution in [1.29, 1.82) is 0 Å². The summed E-state index contributed by atoms with van der Waals surface area (Å²) < 4.78 is 6.53. The zero-order chi connectivity index (χ0) is 21.8. The Bertz CT molecular complexity index is 980. The van der Waals surface area contributed by atoms with E-state index in [1.54, 1.807) is 18.7 Å². The summed E-state index contributed by atoms with van der Waals surface area (Å²) in [7, 11) is 0. The van der Waals surface area contributed by atoms with Gasteiger partial charge in [-0.15, -0.1) is 0 Å². The Balaban J connectivity index is 1.67. The molecule has 0 aromatic carbocycles. The third-order valence-electron chi connectivity index (χ3n) is 5.13. The maximum absolute atomic E-state index is 12.8. The summed E-state index contributed by atoms with van der Waals surface area (Å²) in [6.07, 6.45) is 3.11. The molecule has 0 saturated carbocycles.